The van der Waals surface area contributed by atoms with Gasteiger partial charge in [0.25, 0.3) is 10.8 Å². The number of thiazole rings is 1. The average molecular weight is 462 g/mol. The molecule has 1 aliphatic heterocycles. The van der Waals surface area contributed by atoms with Gasteiger partial charge in [0.1, 0.15) is 29.5 Å². The molecule has 1 aromatic carbocycles. The van der Waals surface area contributed by atoms with Crippen molar-refractivity contribution >= 4 is 38.3 Å². The number of fused-ring (bicyclic) bond motifs is 2. The number of nitriles is 1. The number of piperidine rings is 1. The second-order valence-electron chi connectivity index (χ2n) is 7.94. The number of pyridine rings is 2. The Kier molecular flexibility index (Phi) is 5.70. The molecule has 3 aromatic heterocycles. The summed E-state index contributed by atoms with van der Waals surface area (Å²) >= 11 is 1.53. The highest BCUT2D eigenvalue weighted by Crippen LogP contribution is 2.32. The van der Waals surface area contributed by atoms with Crippen LogP contribution in [0.1, 0.15) is 19.0 Å². The number of ether oxygens (including phenoxy) is 2. The van der Waals surface area contributed by atoms with Gasteiger partial charge in [-0.05, 0) is 31.2 Å². The summed E-state index contributed by atoms with van der Waals surface area (Å²) in [6.45, 7) is 3.72. The molecule has 9 heteroatoms. The standard InChI is InChI=1S/C24H23N5O3S/c1-3-31-20-14-29(11-10-19(20)32-24-27-16-6-4-5-7-21(16)33-24)18-12-22(30)28(2)17-9-8-15(13-25)26-23(17)18/h4-9,12,19-20H,3,10-11,14H2,1-2H3. The molecule has 2 atom stereocenters. The van der Waals surface area contributed by atoms with E-state index in [-0.39, 0.29) is 17.8 Å². The lowest BCUT2D eigenvalue weighted by molar-refractivity contribution is -0.0279. The van der Waals surface area contributed by atoms with E-state index in [9.17, 15) is 10.1 Å². The smallest absolute Gasteiger partial charge is 0.274 e. The maximum absolute atomic E-state index is 12.6. The van der Waals surface area contributed by atoms with E-state index in [1.807, 2.05) is 31.2 Å². The molecule has 1 aliphatic rings. The fraction of sp³-hybridized carbons (Fsp3) is 0.333. The fourth-order valence-electron chi connectivity index (χ4n) is 4.27. The molecule has 8 nitrogen and oxygen atoms in total. The van der Waals surface area contributed by atoms with Crippen LogP contribution in [0.4, 0.5) is 5.69 Å². The molecule has 1 fully saturated rings. The molecular formula is C24H23N5O3S. The third-order valence-corrected chi connectivity index (χ3v) is 6.86. The van der Waals surface area contributed by atoms with Gasteiger partial charge in [-0.3, -0.25) is 4.79 Å². The normalized spacial score (nSPS) is 18.5. The van der Waals surface area contributed by atoms with Crippen molar-refractivity contribution in [1.29, 1.82) is 5.26 Å². The molecule has 33 heavy (non-hydrogen) atoms. The number of nitrogens with zero attached hydrogens (tertiary/aromatic N) is 5. The van der Waals surface area contributed by atoms with Crippen LogP contribution in [0.3, 0.4) is 0 Å². The average Bonchev–Trinajstić information content (AvgIpc) is 3.25. The number of aryl methyl sites for hydroxylation is 1. The summed E-state index contributed by atoms with van der Waals surface area (Å²) < 4.78 is 15.0. The van der Waals surface area contributed by atoms with Gasteiger partial charge in [-0.15, -0.1) is 0 Å². The minimum absolute atomic E-state index is 0.121. The number of aromatic nitrogens is 3. The first-order valence-electron chi connectivity index (χ1n) is 10.9. The van der Waals surface area contributed by atoms with E-state index in [1.165, 1.54) is 11.3 Å². The predicted octanol–water partition coefficient (Wildman–Crippen LogP) is 3.48. The largest absolute Gasteiger partial charge is 0.464 e. The van der Waals surface area contributed by atoms with Gasteiger partial charge in [-0.2, -0.15) is 5.26 Å². The van der Waals surface area contributed by atoms with Gasteiger partial charge < -0.3 is 18.9 Å². The number of hydrogen-bond acceptors (Lipinski definition) is 8. The maximum atomic E-state index is 12.6. The van der Waals surface area contributed by atoms with Gasteiger partial charge in [0.2, 0.25) is 0 Å². The van der Waals surface area contributed by atoms with E-state index in [4.69, 9.17) is 9.47 Å². The fourth-order valence-corrected chi connectivity index (χ4v) is 5.14. The van der Waals surface area contributed by atoms with Crippen molar-refractivity contribution in [2.24, 2.45) is 7.05 Å². The molecule has 1 saturated heterocycles. The second kappa shape index (κ2) is 8.81. The highest BCUT2D eigenvalue weighted by atomic mass is 32.1. The lowest BCUT2D eigenvalue weighted by atomic mass is 10.0. The first-order chi connectivity index (χ1) is 16.1. The molecule has 0 bridgehead atoms. The van der Waals surface area contributed by atoms with Gasteiger partial charge in [0, 0.05) is 39.2 Å². The van der Waals surface area contributed by atoms with Gasteiger partial charge >= 0.3 is 0 Å². The first-order valence-corrected chi connectivity index (χ1v) is 11.7. The first kappa shape index (κ1) is 21.4. The van der Waals surface area contributed by atoms with Crippen LogP contribution in [0.5, 0.6) is 5.19 Å². The summed E-state index contributed by atoms with van der Waals surface area (Å²) in [5, 5.41) is 9.96. The SMILES string of the molecule is CCOC1CN(c2cc(=O)n(C)c3ccc(C#N)nc23)CCC1Oc1nc2ccccc2s1. The minimum atomic E-state index is -0.200. The summed E-state index contributed by atoms with van der Waals surface area (Å²) in [5.41, 5.74) is 3.17. The zero-order valence-electron chi connectivity index (χ0n) is 18.4. The van der Waals surface area contributed by atoms with Crippen molar-refractivity contribution in [3.63, 3.8) is 0 Å². The Morgan fingerprint density at radius 1 is 1.21 bits per heavy atom. The Balaban J connectivity index is 1.45. The third-order valence-electron chi connectivity index (χ3n) is 5.93. The van der Waals surface area contributed by atoms with Crippen LogP contribution >= 0.6 is 11.3 Å². The van der Waals surface area contributed by atoms with E-state index in [0.717, 1.165) is 10.2 Å². The molecule has 2 unspecified atom stereocenters. The van der Waals surface area contributed by atoms with Gasteiger partial charge in [-0.1, -0.05) is 23.5 Å². The highest BCUT2D eigenvalue weighted by molar-refractivity contribution is 7.20. The summed E-state index contributed by atoms with van der Waals surface area (Å²) in [6, 6.07) is 15.1. The summed E-state index contributed by atoms with van der Waals surface area (Å²) in [5.74, 6) is 0. The zero-order valence-corrected chi connectivity index (χ0v) is 19.2. The van der Waals surface area contributed by atoms with Crippen molar-refractivity contribution < 1.29 is 9.47 Å². The molecule has 0 aliphatic carbocycles. The van der Waals surface area contributed by atoms with Crippen molar-refractivity contribution in [3.8, 4) is 11.3 Å². The van der Waals surface area contributed by atoms with E-state index in [1.54, 1.807) is 29.8 Å². The maximum Gasteiger partial charge on any atom is 0.274 e. The van der Waals surface area contributed by atoms with Crippen LogP contribution in [-0.4, -0.2) is 46.4 Å². The number of anilines is 1. The summed E-state index contributed by atoms with van der Waals surface area (Å²) in [4.78, 5) is 23.8. The van der Waals surface area contributed by atoms with Crippen molar-refractivity contribution in [3.05, 3.63) is 58.5 Å². The molecule has 5 rings (SSSR count). The minimum Gasteiger partial charge on any atom is -0.464 e. The van der Waals surface area contributed by atoms with Crippen LogP contribution in [0.2, 0.25) is 0 Å². The van der Waals surface area contributed by atoms with Crippen molar-refractivity contribution in [2.75, 3.05) is 24.6 Å². The molecule has 0 spiro atoms. The summed E-state index contributed by atoms with van der Waals surface area (Å²) in [6.07, 6.45) is 0.353. The Labute approximate surface area is 194 Å². The van der Waals surface area contributed by atoms with Crippen LogP contribution in [0.15, 0.2) is 47.3 Å². The number of para-hydroxylation sites is 1. The third kappa shape index (κ3) is 4.03. The molecule has 0 saturated carbocycles. The molecule has 0 N–H and O–H groups in total. The molecule has 4 aromatic rings. The van der Waals surface area contributed by atoms with Gasteiger partial charge in [0.05, 0.1) is 21.4 Å². The van der Waals surface area contributed by atoms with Crippen LogP contribution in [0, 0.1) is 11.3 Å². The predicted molar refractivity (Wildman–Crippen MR) is 128 cm³/mol. The van der Waals surface area contributed by atoms with Crippen molar-refractivity contribution in [2.45, 2.75) is 25.6 Å². The van der Waals surface area contributed by atoms with Gasteiger partial charge in [0.15, 0.2) is 0 Å². The molecule has 168 valence electrons. The Morgan fingerprint density at radius 2 is 2.06 bits per heavy atom. The number of rotatable bonds is 5. The molecule has 0 radical (unpaired) electrons. The highest BCUT2D eigenvalue weighted by Gasteiger charge is 2.33. The Morgan fingerprint density at radius 3 is 2.85 bits per heavy atom. The van der Waals surface area contributed by atoms with E-state index in [2.05, 4.69) is 20.9 Å². The quantitative estimate of drug-likeness (QED) is 0.449. The van der Waals surface area contributed by atoms with Crippen molar-refractivity contribution in [1.82, 2.24) is 14.5 Å². The van der Waals surface area contributed by atoms with Crippen LogP contribution < -0.4 is 15.2 Å². The monoisotopic (exact) mass is 461 g/mol. The van der Waals surface area contributed by atoms with Gasteiger partial charge in [-0.25, -0.2) is 9.97 Å². The molecule has 4 heterocycles. The topological polar surface area (TPSA) is 93.3 Å². The lowest BCUT2D eigenvalue weighted by Gasteiger charge is -2.39. The Bertz CT molecular complexity index is 1390. The Hall–Kier alpha value is -3.48. The zero-order chi connectivity index (χ0) is 22.9. The summed E-state index contributed by atoms with van der Waals surface area (Å²) in [7, 11) is 1.71. The van der Waals surface area contributed by atoms with Crippen LogP contribution in [-0.2, 0) is 11.8 Å². The van der Waals surface area contributed by atoms with Crippen LogP contribution in [0.25, 0.3) is 21.3 Å². The number of benzene rings is 1. The van der Waals surface area contributed by atoms with E-state index in [0.29, 0.717) is 53.7 Å². The molecule has 0 amide bonds. The van der Waals surface area contributed by atoms with E-state index < -0.39 is 0 Å². The number of hydrogen-bond donors (Lipinski definition) is 0. The van der Waals surface area contributed by atoms with E-state index >= 15 is 0 Å². The lowest BCUT2D eigenvalue weighted by Crippen LogP contribution is -2.50. The molecular weight excluding hydrogens is 438 g/mol. The second-order valence-corrected chi connectivity index (χ2v) is 8.93.